The number of hydrogen-bond acceptors (Lipinski definition) is 3. The molecule has 1 atom stereocenters. The van der Waals surface area contributed by atoms with Crippen molar-refractivity contribution in [2.45, 2.75) is 32.4 Å². The monoisotopic (exact) mass is 312 g/mol. The number of nitrogens with zero attached hydrogens (tertiary/aromatic N) is 1. The van der Waals surface area contributed by atoms with E-state index in [0.717, 1.165) is 17.6 Å². The lowest BCUT2D eigenvalue weighted by Gasteiger charge is -2.47. The summed E-state index contributed by atoms with van der Waals surface area (Å²) in [6.45, 7) is 8.46. The third kappa shape index (κ3) is 2.71. The molecule has 1 saturated heterocycles. The second kappa shape index (κ2) is 5.19. The fourth-order valence-electron chi connectivity index (χ4n) is 2.40. The Morgan fingerprint density at radius 1 is 1.50 bits per heavy atom. The van der Waals surface area contributed by atoms with Crippen molar-refractivity contribution in [2.75, 3.05) is 24.6 Å². The van der Waals surface area contributed by atoms with Gasteiger partial charge in [0.05, 0.1) is 6.61 Å². The molecule has 1 aromatic rings. The number of aliphatic hydroxyl groups is 1. The van der Waals surface area contributed by atoms with Crippen molar-refractivity contribution in [1.29, 1.82) is 0 Å². The van der Waals surface area contributed by atoms with Gasteiger partial charge in [-0.05, 0) is 44.5 Å². The van der Waals surface area contributed by atoms with Crippen LogP contribution in [0.3, 0.4) is 0 Å². The molecular formula is C14H21BrN2O. The summed E-state index contributed by atoms with van der Waals surface area (Å²) in [5, 5.41) is 12.7. The molecule has 0 amide bonds. The number of rotatable bonds is 2. The summed E-state index contributed by atoms with van der Waals surface area (Å²) in [6, 6.07) is 6.59. The second-order valence-electron chi connectivity index (χ2n) is 5.62. The van der Waals surface area contributed by atoms with E-state index < -0.39 is 0 Å². The average molecular weight is 313 g/mol. The molecular weight excluding hydrogens is 292 g/mol. The summed E-state index contributed by atoms with van der Waals surface area (Å²) in [5.41, 5.74) is 2.52. The zero-order valence-electron chi connectivity index (χ0n) is 11.2. The van der Waals surface area contributed by atoms with Crippen LogP contribution in [-0.4, -0.2) is 36.4 Å². The van der Waals surface area contributed by atoms with Gasteiger partial charge in [0.1, 0.15) is 0 Å². The van der Waals surface area contributed by atoms with Crippen LogP contribution >= 0.6 is 15.9 Å². The van der Waals surface area contributed by atoms with Crippen LogP contribution < -0.4 is 10.2 Å². The van der Waals surface area contributed by atoms with E-state index in [0.29, 0.717) is 0 Å². The molecule has 0 radical (unpaired) electrons. The van der Waals surface area contributed by atoms with E-state index in [1.165, 1.54) is 11.3 Å². The zero-order chi connectivity index (χ0) is 13.3. The first-order valence-corrected chi connectivity index (χ1v) is 7.11. The van der Waals surface area contributed by atoms with Crippen LogP contribution in [0.2, 0.25) is 0 Å². The molecule has 4 heteroatoms. The predicted octanol–water partition coefficient (Wildman–Crippen LogP) is 2.31. The molecule has 0 aliphatic carbocycles. The molecule has 100 valence electrons. The Bertz CT molecular complexity index is 434. The van der Waals surface area contributed by atoms with Crippen molar-refractivity contribution < 1.29 is 5.11 Å². The highest BCUT2D eigenvalue weighted by Gasteiger charge is 2.33. The molecule has 1 fully saturated rings. The van der Waals surface area contributed by atoms with Crippen molar-refractivity contribution in [3.63, 3.8) is 0 Å². The number of aliphatic hydroxyl groups excluding tert-OH is 1. The van der Waals surface area contributed by atoms with Crippen LogP contribution in [0.1, 0.15) is 19.4 Å². The number of piperazine rings is 1. The first-order chi connectivity index (χ1) is 8.44. The minimum atomic E-state index is 0.0614. The lowest BCUT2D eigenvalue weighted by atomic mass is 9.96. The molecule has 18 heavy (non-hydrogen) atoms. The molecule has 2 N–H and O–H groups in total. The van der Waals surface area contributed by atoms with Gasteiger partial charge >= 0.3 is 0 Å². The minimum absolute atomic E-state index is 0.0614. The van der Waals surface area contributed by atoms with Crippen molar-refractivity contribution in [2.24, 2.45) is 0 Å². The van der Waals surface area contributed by atoms with Gasteiger partial charge in [-0.15, -0.1) is 0 Å². The highest BCUT2D eigenvalue weighted by atomic mass is 79.9. The van der Waals surface area contributed by atoms with E-state index in [-0.39, 0.29) is 18.2 Å². The molecule has 2 rings (SSSR count). The van der Waals surface area contributed by atoms with Crippen molar-refractivity contribution in [1.82, 2.24) is 5.32 Å². The fourth-order valence-corrected chi connectivity index (χ4v) is 2.64. The first kappa shape index (κ1) is 13.8. The number of halogens is 1. The summed E-state index contributed by atoms with van der Waals surface area (Å²) >= 11 is 3.54. The van der Waals surface area contributed by atoms with Gasteiger partial charge in [-0.25, -0.2) is 0 Å². The Balaban J connectivity index is 2.30. The molecule has 0 aromatic heterocycles. The van der Waals surface area contributed by atoms with Gasteiger partial charge in [0, 0.05) is 34.8 Å². The molecule has 0 saturated carbocycles. The van der Waals surface area contributed by atoms with Gasteiger partial charge < -0.3 is 15.3 Å². The quantitative estimate of drug-likeness (QED) is 0.879. The van der Waals surface area contributed by atoms with Crippen molar-refractivity contribution >= 4 is 21.6 Å². The number of hydrogen-bond donors (Lipinski definition) is 2. The fraction of sp³-hybridized carbons (Fsp3) is 0.571. The molecule has 1 aromatic carbocycles. The predicted molar refractivity (Wildman–Crippen MR) is 79.2 cm³/mol. The van der Waals surface area contributed by atoms with E-state index in [1.54, 1.807) is 0 Å². The minimum Gasteiger partial charge on any atom is -0.395 e. The van der Waals surface area contributed by atoms with Gasteiger partial charge in [-0.3, -0.25) is 0 Å². The van der Waals surface area contributed by atoms with E-state index >= 15 is 0 Å². The van der Waals surface area contributed by atoms with Crippen LogP contribution in [0, 0.1) is 6.92 Å². The van der Waals surface area contributed by atoms with Gasteiger partial charge in [0.25, 0.3) is 0 Å². The number of anilines is 1. The van der Waals surface area contributed by atoms with Gasteiger partial charge in [-0.1, -0.05) is 15.9 Å². The lowest BCUT2D eigenvalue weighted by Crippen LogP contribution is -2.63. The molecule has 3 nitrogen and oxygen atoms in total. The van der Waals surface area contributed by atoms with Crippen molar-refractivity contribution in [3.8, 4) is 0 Å². The molecule has 1 unspecified atom stereocenters. The standard InChI is InChI=1S/C14H21BrN2O/c1-10-6-12(4-5-13(10)15)17-7-11(8-18)16-9-14(17,2)3/h4-6,11,16,18H,7-9H2,1-3H3. The van der Waals surface area contributed by atoms with Gasteiger partial charge in [0.15, 0.2) is 0 Å². The van der Waals surface area contributed by atoms with Gasteiger partial charge in [0.2, 0.25) is 0 Å². The highest BCUT2D eigenvalue weighted by Crippen LogP contribution is 2.29. The average Bonchev–Trinajstić information content (AvgIpc) is 2.33. The SMILES string of the molecule is Cc1cc(N2CC(CO)NCC2(C)C)ccc1Br. The van der Waals surface area contributed by atoms with E-state index in [1.807, 2.05) is 0 Å². The van der Waals surface area contributed by atoms with E-state index in [2.05, 4.69) is 65.1 Å². The third-order valence-corrected chi connectivity index (χ3v) is 4.52. The second-order valence-corrected chi connectivity index (χ2v) is 6.47. The van der Waals surface area contributed by atoms with Gasteiger partial charge in [-0.2, -0.15) is 0 Å². The zero-order valence-corrected chi connectivity index (χ0v) is 12.8. The Kier molecular flexibility index (Phi) is 3.99. The smallest absolute Gasteiger partial charge is 0.0601 e. The molecule has 1 aliphatic rings. The first-order valence-electron chi connectivity index (χ1n) is 6.32. The third-order valence-electron chi connectivity index (χ3n) is 3.63. The lowest BCUT2D eigenvalue weighted by molar-refractivity contribution is 0.210. The number of benzene rings is 1. The number of aryl methyl sites for hydroxylation is 1. The normalized spacial score (nSPS) is 23.2. The molecule has 1 aliphatic heterocycles. The Morgan fingerprint density at radius 2 is 2.22 bits per heavy atom. The summed E-state index contributed by atoms with van der Waals surface area (Å²) in [5.74, 6) is 0. The topological polar surface area (TPSA) is 35.5 Å². The van der Waals surface area contributed by atoms with E-state index in [4.69, 9.17) is 0 Å². The maximum Gasteiger partial charge on any atom is 0.0601 e. The Labute approximate surface area is 117 Å². The van der Waals surface area contributed by atoms with Crippen molar-refractivity contribution in [3.05, 3.63) is 28.2 Å². The summed E-state index contributed by atoms with van der Waals surface area (Å²) in [7, 11) is 0. The number of nitrogens with one attached hydrogen (secondary N) is 1. The largest absolute Gasteiger partial charge is 0.395 e. The summed E-state index contributed by atoms with van der Waals surface area (Å²) < 4.78 is 1.14. The van der Waals surface area contributed by atoms with Crippen LogP contribution in [0.15, 0.2) is 22.7 Å². The van der Waals surface area contributed by atoms with Crippen LogP contribution in [0.4, 0.5) is 5.69 Å². The molecule has 0 bridgehead atoms. The Morgan fingerprint density at radius 3 is 2.83 bits per heavy atom. The van der Waals surface area contributed by atoms with Crippen LogP contribution in [0.25, 0.3) is 0 Å². The molecule has 0 spiro atoms. The summed E-state index contributed by atoms with van der Waals surface area (Å²) in [4.78, 5) is 2.38. The van der Waals surface area contributed by atoms with Crippen LogP contribution in [0.5, 0.6) is 0 Å². The molecule has 1 heterocycles. The van der Waals surface area contributed by atoms with Crippen LogP contribution in [-0.2, 0) is 0 Å². The highest BCUT2D eigenvalue weighted by molar-refractivity contribution is 9.10. The van der Waals surface area contributed by atoms with E-state index in [9.17, 15) is 5.11 Å². The summed E-state index contributed by atoms with van der Waals surface area (Å²) in [6.07, 6.45) is 0. The Hall–Kier alpha value is -0.580. The maximum absolute atomic E-state index is 9.33. The maximum atomic E-state index is 9.33.